The van der Waals surface area contributed by atoms with Crippen molar-refractivity contribution in [2.45, 2.75) is 12.6 Å². The normalized spacial score (nSPS) is 12.6. The van der Waals surface area contributed by atoms with Crippen LogP contribution in [0.2, 0.25) is 0 Å². The molecule has 0 aliphatic rings. The van der Waals surface area contributed by atoms with Crippen molar-refractivity contribution < 1.29 is 10.2 Å². The van der Waals surface area contributed by atoms with E-state index in [4.69, 9.17) is 5.73 Å². The third-order valence-corrected chi connectivity index (χ3v) is 2.27. The van der Waals surface area contributed by atoms with Gasteiger partial charge in [0.2, 0.25) is 0 Å². The van der Waals surface area contributed by atoms with Crippen LogP contribution < -0.4 is 5.73 Å². The second-order valence-corrected chi connectivity index (χ2v) is 3.61. The van der Waals surface area contributed by atoms with E-state index >= 15 is 0 Å². The fourth-order valence-corrected chi connectivity index (χ4v) is 1.49. The Labute approximate surface area is 92.8 Å². The first kappa shape index (κ1) is 10.5. The van der Waals surface area contributed by atoms with Crippen molar-refractivity contribution in [2.24, 2.45) is 0 Å². The Hall–Kier alpha value is -2.01. The van der Waals surface area contributed by atoms with E-state index < -0.39 is 6.10 Å². The average molecular weight is 219 g/mol. The minimum atomic E-state index is -0.716. The first-order valence-electron chi connectivity index (χ1n) is 4.90. The van der Waals surface area contributed by atoms with Gasteiger partial charge in [0.25, 0.3) is 0 Å². The van der Waals surface area contributed by atoms with E-state index in [9.17, 15) is 10.2 Å². The second-order valence-electron chi connectivity index (χ2n) is 3.61. The van der Waals surface area contributed by atoms with Crippen LogP contribution in [-0.4, -0.2) is 20.0 Å². The number of aromatic nitrogens is 2. The summed E-state index contributed by atoms with van der Waals surface area (Å²) >= 11 is 0. The number of anilines is 1. The van der Waals surface area contributed by atoms with Crippen LogP contribution in [0.3, 0.4) is 0 Å². The van der Waals surface area contributed by atoms with Crippen LogP contribution in [-0.2, 0) is 6.54 Å². The zero-order valence-corrected chi connectivity index (χ0v) is 8.61. The number of nitrogens with two attached hydrogens (primary N) is 1. The molecule has 5 heteroatoms. The highest BCUT2D eigenvalue weighted by Crippen LogP contribution is 2.19. The summed E-state index contributed by atoms with van der Waals surface area (Å²) in [6.07, 6.45) is 2.45. The number of hydrogen-bond donors (Lipinski definition) is 3. The van der Waals surface area contributed by atoms with E-state index in [0.717, 1.165) is 0 Å². The average Bonchev–Trinajstić information content (AvgIpc) is 2.64. The van der Waals surface area contributed by atoms with Crippen LogP contribution in [0.4, 0.5) is 5.69 Å². The number of phenolic OH excluding ortho intramolecular Hbond substituents is 1. The van der Waals surface area contributed by atoms with Crippen LogP contribution in [0, 0.1) is 0 Å². The Bertz CT molecular complexity index is 482. The summed E-state index contributed by atoms with van der Waals surface area (Å²) in [7, 11) is 0. The molecular formula is C11H13N3O2. The Morgan fingerprint density at radius 1 is 1.44 bits per heavy atom. The molecule has 0 aliphatic heterocycles. The molecule has 2 aromatic rings. The summed E-state index contributed by atoms with van der Waals surface area (Å²) in [5.74, 6) is 0.136. The van der Waals surface area contributed by atoms with Gasteiger partial charge in [0, 0.05) is 6.20 Å². The molecule has 1 aromatic heterocycles. The summed E-state index contributed by atoms with van der Waals surface area (Å²) in [5, 5.41) is 23.1. The van der Waals surface area contributed by atoms with Gasteiger partial charge in [-0.3, -0.25) is 4.68 Å². The Morgan fingerprint density at radius 2 is 2.25 bits per heavy atom. The number of benzene rings is 1. The number of aliphatic hydroxyl groups is 1. The SMILES string of the molecule is Nc1cnn(CC(O)c2cccc(O)c2)c1. The van der Waals surface area contributed by atoms with Gasteiger partial charge in [-0.05, 0) is 17.7 Å². The first-order chi connectivity index (χ1) is 7.65. The maximum atomic E-state index is 9.89. The lowest BCUT2D eigenvalue weighted by Gasteiger charge is -2.11. The maximum absolute atomic E-state index is 9.89. The Balaban J connectivity index is 2.11. The summed E-state index contributed by atoms with van der Waals surface area (Å²) in [5.41, 5.74) is 6.72. The fraction of sp³-hybridized carbons (Fsp3) is 0.182. The fourth-order valence-electron chi connectivity index (χ4n) is 1.49. The van der Waals surface area contributed by atoms with Gasteiger partial charge in [-0.15, -0.1) is 0 Å². The summed E-state index contributed by atoms with van der Waals surface area (Å²) < 4.78 is 1.56. The monoisotopic (exact) mass is 219 g/mol. The molecule has 0 spiro atoms. The third kappa shape index (κ3) is 2.32. The summed E-state index contributed by atoms with van der Waals surface area (Å²) in [6.45, 7) is 0.306. The van der Waals surface area contributed by atoms with Crippen molar-refractivity contribution in [1.29, 1.82) is 0 Å². The second kappa shape index (κ2) is 4.24. The molecule has 16 heavy (non-hydrogen) atoms. The van der Waals surface area contributed by atoms with Crippen molar-refractivity contribution in [2.75, 3.05) is 5.73 Å². The van der Waals surface area contributed by atoms with Gasteiger partial charge in [-0.2, -0.15) is 5.10 Å². The summed E-state index contributed by atoms with van der Waals surface area (Å²) in [4.78, 5) is 0. The van der Waals surface area contributed by atoms with E-state index in [2.05, 4.69) is 5.10 Å². The number of hydrogen-bond acceptors (Lipinski definition) is 4. The molecule has 1 unspecified atom stereocenters. The van der Waals surface area contributed by atoms with Crippen LogP contribution in [0.15, 0.2) is 36.7 Å². The molecule has 1 aromatic carbocycles. The quantitative estimate of drug-likeness (QED) is 0.716. The minimum Gasteiger partial charge on any atom is -0.508 e. The molecule has 5 nitrogen and oxygen atoms in total. The van der Waals surface area contributed by atoms with Gasteiger partial charge in [-0.1, -0.05) is 12.1 Å². The molecule has 1 heterocycles. The lowest BCUT2D eigenvalue weighted by molar-refractivity contribution is 0.151. The van der Waals surface area contributed by atoms with Crippen molar-refractivity contribution in [1.82, 2.24) is 9.78 Å². The van der Waals surface area contributed by atoms with Crippen molar-refractivity contribution in [3.8, 4) is 5.75 Å². The first-order valence-corrected chi connectivity index (χ1v) is 4.90. The molecule has 84 valence electrons. The third-order valence-electron chi connectivity index (χ3n) is 2.27. The number of aromatic hydroxyl groups is 1. The number of aliphatic hydroxyl groups excluding tert-OH is 1. The molecule has 2 rings (SSSR count). The molecule has 0 saturated carbocycles. The van der Waals surface area contributed by atoms with Crippen LogP contribution in [0.1, 0.15) is 11.7 Å². The van der Waals surface area contributed by atoms with Crippen molar-refractivity contribution >= 4 is 5.69 Å². The van der Waals surface area contributed by atoms with Crippen molar-refractivity contribution in [3.05, 3.63) is 42.2 Å². The number of rotatable bonds is 3. The van der Waals surface area contributed by atoms with Gasteiger partial charge in [0.15, 0.2) is 0 Å². The Morgan fingerprint density at radius 3 is 2.88 bits per heavy atom. The molecule has 1 atom stereocenters. The van der Waals surface area contributed by atoms with Gasteiger partial charge < -0.3 is 15.9 Å². The molecular weight excluding hydrogens is 206 g/mol. The lowest BCUT2D eigenvalue weighted by atomic mass is 10.1. The van der Waals surface area contributed by atoms with Gasteiger partial charge in [0.1, 0.15) is 5.75 Å². The number of nitrogen functional groups attached to an aromatic ring is 1. The minimum absolute atomic E-state index is 0.136. The zero-order chi connectivity index (χ0) is 11.5. The smallest absolute Gasteiger partial charge is 0.115 e. The highest BCUT2D eigenvalue weighted by molar-refractivity contribution is 5.31. The predicted octanol–water partition coefficient (Wildman–Crippen LogP) is 0.904. The molecule has 0 aliphatic carbocycles. The van der Waals surface area contributed by atoms with Crippen molar-refractivity contribution in [3.63, 3.8) is 0 Å². The number of phenols is 1. The standard InChI is InChI=1S/C11H13N3O2/c12-9-5-13-14(6-9)7-11(16)8-2-1-3-10(15)4-8/h1-6,11,15-16H,7,12H2. The molecule has 4 N–H and O–H groups in total. The maximum Gasteiger partial charge on any atom is 0.115 e. The lowest BCUT2D eigenvalue weighted by Crippen LogP contribution is -2.08. The molecule has 0 fully saturated rings. The molecule has 0 saturated heterocycles. The Kier molecular flexibility index (Phi) is 2.78. The van der Waals surface area contributed by atoms with E-state index in [1.54, 1.807) is 29.1 Å². The van der Waals surface area contributed by atoms with Gasteiger partial charge >= 0.3 is 0 Å². The topological polar surface area (TPSA) is 84.3 Å². The van der Waals surface area contributed by atoms with Gasteiger partial charge in [-0.25, -0.2) is 0 Å². The largest absolute Gasteiger partial charge is 0.508 e. The van der Waals surface area contributed by atoms with Gasteiger partial charge in [0.05, 0.1) is 24.5 Å². The van der Waals surface area contributed by atoms with E-state index in [1.807, 2.05) is 0 Å². The van der Waals surface area contributed by atoms with E-state index in [0.29, 0.717) is 17.8 Å². The number of nitrogens with zero attached hydrogens (tertiary/aromatic N) is 2. The highest BCUT2D eigenvalue weighted by atomic mass is 16.3. The van der Waals surface area contributed by atoms with Crippen LogP contribution in [0.25, 0.3) is 0 Å². The summed E-state index contributed by atoms with van der Waals surface area (Å²) in [6, 6.07) is 6.52. The molecule has 0 radical (unpaired) electrons. The molecule has 0 amide bonds. The van der Waals surface area contributed by atoms with Crippen LogP contribution in [0.5, 0.6) is 5.75 Å². The van der Waals surface area contributed by atoms with E-state index in [-0.39, 0.29) is 5.75 Å². The zero-order valence-electron chi connectivity index (χ0n) is 8.61. The van der Waals surface area contributed by atoms with E-state index in [1.165, 1.54) is 12.3 Å². The highest BCUT2D eigenvalue weighted by Gasteiger charge is 2.09. The van der Waals surface area contributed by atoms with Crippen LogP contribution >= 0.6 is 0 Å². The predicted molar refractivity (Wildman–Crippen MR) is 59.7 cm³/mol. The molecule has 0 bridgehead atoms.